The summed E-state index contributed by atoms with van der Waals surface area (Å²) in [6.45, 7) is 5.55. The molecule has 26 heavy (non-hydrogen) atoms. The van der Waals surface area contributed by atoms with E-state index >= 15 is 0 Å². The molecule has 2 rings (SSSR count). The van der Waals surface area contributed by atoms with Crippen LogP contribution in [-0.4, -0.2) is 44.0 Å². The van der Waals surface area contributed by atoms with Crippen LogP contribution in [0.4, 0.5) is 4.39 Å². The number of aryl methyl sites for hydroxylation is 1. The van der Waals surface area contributed by atoms with Gasteiger partial charge < -0.3 is 15.5 Å². The third-order valence-corrected chi connectivity index (χ3v) is 5.00. The minimum atomic E-state index is -0.341. The van der Waals surface area contributed by atoms with Crippen molar-refractivity contribution in [1.82, 2.24) is 15.5 Å². The molecule has 0 atom stereocenters. The van der Waals surface area contributed by atoms with Gasteiger partial charge in [0.1, 0.15) is 5.82 Å². The second-order valence-corrected chi connectivity index (χ2v) is 7.32. The number of halogens is 1. The molecule has 144 valence electrons. The molecule has 0 saturated heterocycles. The van der Waals surface area contributed by atoms with Gasteiger partial charge in [-0.3, -0.25) is 4.79 Å². The first-order valence-electron chi connectivity index (χ1n) is 9.37. The van der Waals surface area contributed by atoms with Gasteiger partial charge in [0.25, 0.3) is 0 Å². The molecule has 1 saturated carbocycles. The molecule has 0 spiro atoms. The smallest absolute Gasteiger partial charge is 0.230 e. The van der Waals surface area contributed by atoms with E-state index in [1.807, 2.05) is 27.1 Å². The Labute approximate surface area is 156 Å². The van der Waals surface area contributed by atoms with Gasteiger partial charge in [-0.15, -0.1) is 0 Å². The van der Waals surface area contributed by atoms with E-state index in [0.717, 1.165) is 37.8 Å². The molecule has 6 heteroatoms. The van der Waals surface area contributed by atoms with E-state index in [0.29, 0.717) is 24.6 Å². The Bertz CT molecular complexity index is 651. The Morgan fingerprint density at radius 3 is 2.54 bits per heavy atom. The Morgan fingerprint density at radius 2 is 1.96 bits per heavy atom. The van der Waals surface area contributed by atoms with Crippen LogP contribution in [0, 0.1) is 18.2 Å². The van der Waals surface area contributed by atoms with Gasteiger partial charge in [-0.05, 0) is 43.9 Å². The number of carbonyl (C=O) groups is 1. The number of nitrogens with one attached hydrogen (secondary N) is 2. The summed E-state index contributed by atoms with van der Waals surface area (Å²) in [7, 11) is 3.64. The van der Waals surface area contributed by atoms with Crippen molar-refractivity contribution in [2.75, 3.05) is 27.2 Å². The number of carbonyl (C=O) groups excluding carboxylic acids is 1. The standard InChI is InChI=1S/C20H31FN4O/c1-5-22-19(23-13-16-8-9-17(21)15(2)12-16)24-14-20(10-6-7-11-20)18(26)25(3)4/h8-9,12H,5-7,10-11,13-14H2,1-4H3,(H2,22,23,24). The minimum absolute atomic E-state index is 0.188. The Kier molecular flexibility index (Phi) is 7.00. The summed E-state index contributed by atoms with van der Waals surface area (Å²) in [5.41, 5.74) is 1.24. The van der Waals surface area contributed by atoms with Gasteiger partial charge in [-0.2, -0.15) is 0 Å². The third kappa shape index (κ3) is 4.96. The predicted molar refractivity (Wildman–Crippen MR) is 104 cm³/mol. The number of benzene rings is 1. The molecule has 1 aliphatic carbocycles. The highest BCUT2D eigenvalue weighted by Gasteiger charge is 2.42. The van der Waals surface area contributed by atoms with E-state index in [2.05, 4.69) is 15.6 Å². The van der Waals surface area contributed by atoms with Crippen LogP contribution in [0.3, 0.4) is 0 Å². The average molecular weight is 362 g/mol. The van der Waals surface area contributed by atoms with Crippen molar-refractivity contribution in [3.05, 3.63) is 35.1 Å². The van der Waals surface area contributed by atoms with Gasteiger partial charge in [0.05, 0.1) is 12.0 Å². The van der Waals surface area contributed by atoms with E-state index in [-0.39, 0.29) is 17.1 Å². The van der Waals surface area contributed by atoms with Crippen LogP contribution in [0.1, 0.15) is 43.7 Å². The summed E-state index contributed by atoms with van der Waals surface area (Å²) < 4.78 is 13.4. The molecular weight excluding hydrogens is 331 g/mol. The lowest BCUT2D eigenvalue weighted by molar-refractivity contribution is -0.138. The molecule has 1 amide bonds. The van der Waals surface area contributed by atoms with E-state index in [4.69, 9.17) is 0 Å². The predicted octanol–water partition coefficient (Wildman–Crippen LogP) is 2.84. The fourth-order valence-electron chi connectivity index (χ4n) is 3.56. The maximum absolute atomic E-state index is 13.4. The maximum Gasteiger partial charge on any atom is 0.230 e. The Balaban J connectivity index is 2.06. The number of hydrogen-bond donors (Lipinski definition) is 2. The van der Waals surface area contributed by atoms with Crippen LogP contribution in [0.25, 0.3) is 0 Å². The second-order valence-electron chi connectivity index (χ2n) is 7.32. The number of amides is 1. The van der Waals surface area contributed by atoms with Crippen molar-refractivity contribution in [1.29, 1.82) is 0 Å². The van der Waals surface area contributed by atoms with Crippen molar-refractivity contribution in [3.8, 4) is 0 Å². The Morgan fingerprint density at radius 1 is 1.27 bits per heavy atom. The first-order valence-corrected chi connectivity index (χ1v) is 9.37. The van der Waals surface area contributed by atoms with Crippen molar-refractivity contribution >= 4 is 11.9 Å². The van der Waals surface area contributed by atoms with Crippen LogP contribution in [0.5, 0.6) is 0 Å². The van der Waals surface area contributed by atoms with Crippen molar-refractivity contribution < 1.29 is 9.18 Å². The van der Waals surface area contributed by atoms with Gasteiger partial charge in [0.15, 0.2) is 5.96 Å². The van der Waals surface area contributed by atoms with E-state index in [1.54, 1.807) is 17.9 Å². The molecule has 0 aliphatic heterocycles. The lowest BCUT2D eigenvalue weighted by Gasteiger charge is -2.31. The van der Waals surface area contributed by atoms with Gasteiger partial charge in [0, 0.05) is 27.2 Å². The van der Waals surface area contributed by atoms with Gasteiger partial charge in [-0.1, -0.05) is 25.0 Å². The lowest BCUT2D eigenvalue weighted by atomic mass is 9.84. The molecule has 1 aromatic rings. The minimum Gasteiger partial charge on any atom is -0.357 e. The zero-order chi connectivity index (χ0) is 19.2. The third-order valence-electron chi connectivity index (χ3n) is 5.00. The molecule has 5 nitrogen and oxygen atoms in total. The molecule has 1 aromatic carbocycles. The summed E-state index contributed by atoms with van der Waals surface area (Å²) in [4.78, 5) is 19.0. The number of guanidine groups is 1. The molecule has 1 aliphatic rings. The average Bonchev–Trinajstić information content (AvgIpc) is 3.09. The summed E-state index contributed by atoms with van der Waals surface area (Å²) in [6, 6.07) is 5.05. The highest BCUT2D eigenvalue weighted by atomic mass is 19.1. The van der Waals surface area contributed by atoms with Crippen LogP contribution < -0.4 is 10.6 Å². The van der Waals surface area contributed by atoms with Crippen molar-refractivity contribution in [2.45, 2.75) is 46.1 Å². The van der Waals surface area contributed by atoms with Crippen molar-refractivity contribution in [2.24, 2.45) is 10.4 Å². The van der Waals surface area contributed by atoms with Crippen LogP contribution in [-0.2, 0) is 11.3 Å². The van der Waals surface area contributed by atoms with Crippen LogP contribution in [0.15, 0.2) is 23.2 Å². The molecule has 0 aromatic heterocycles. The highest BCUT2D eigenvalue weighted by molar-refractivity contribution is 5.85. The second kappa shape index (κ2) is 9.01. The van der Waals surface area contributed by atoms with Gasteiger partial charge in [0.2, 0.25) is 5.91 Å². The van der Waals surface area contributed by atoms with Gasteiger partial charge >= 0.3 is 0 Å². The molecule has 1 fully saturated rings. The zero-order valence-corrected chi connectivity index (χ0v) is 16.4. The Hall–Kier alpha value is -2.11. The quantitative estimate of drug-likeness (QED) is 0.604. The maximum atomic E-state index is 13.4. The first kappa shape index (κ1) is 20.2. The summed E-state index contributed by atoms with van der Waals surface area (Å²) in [5, 5.41) is 6.58. The number of aliphatic imine (C=N–C) groups is 1. The molecule has 2 N–H and O–H groups in total. The molecule has 0 radical (unpaired) electrons. The largest absolute Gasteiger partial charge is 0.357 e. The van der Waals surface area contributed by atoms with Crippen LogP contribution >= 0.6 is 0 Å². The summed E-state index contributed by atoms with van der Waals surface area (Å²) in [5.74, 6) is 0.674. The summed E-state index contributed by atoms with van der Waals surface area (Å²) in [6.07, 6.45) is 3.99. The SMILES string of the molecule is CCNC(=NCc1ccc(F)c(C)c1)NCC1(C(=O)N(C)C)CCCC1. The number of nitrogens with zero attached hydrogens (tertiary/aromatic N) is 2. The number of hydrogen-bond acceptors (Lipinski definition) is 2. The highest BCUT2D eigenvalue weighted by Crippen LogP contribution is 2.38. The molecular formula is C20H31FN4O. The zero-order valence-electron chi connectivity index (χ0n) is 16.4. The fraction of sp³-hybridized carbons (Fsp3) is 0.600. The van der Waals surface area contributed by atoms with E-state index in [9.17, 15) is 9.18 Å². The monoisotopic (exact) mass is 362 g/mol. The van der Waals surface area contributed by atoms with Crippen LogP contribution in [0.2, 0.25) is 0 Å². The molecule has 0 bridgehead atoms. The normalized spacial score (nSPS) is 16.4. The van der Waals surface area contributed by atoms with E-state index in [1.165, 1.54) is 6.07 Å². The fourth-order valence-corrected chi connectivity index (χ4v) is 3.56. The number of rotatable bonds is 6. The molecule has 0 heterocycles. The van der Waals surface area contributed by atoms with Gasteiger partial charge in [-0.25, -0.2) is 9.38 Å². The van der Waals surface area contributed by atoms with Crippen molar-refractivity contribution in [3.63, 3.8) is 0 Å². The summed E-state index contributed by atoms with van der Waals surface area (Å²) >= 11 is 0. The first-order chi connectivity index (χ1) is 12.4. The lowest BCUT2D eigenvalue weighted by Crippen LogP contribution is -2.49. The topological polar surface area (TPSA) is 56.7 Å². The van der Waals surface area contributed by atoms with E-state index < -0.39 is 0 Å². The molecule has 0 unspecified atom stereocenters.